The summed E-state index contributed by atoms with van der Waals surface area (Å²) in [6, 6.07) is 0. The fourth-order valence-electron chi connectivity index (χ4n) is 1.40. The minimum absolute atomic E-state index is 1.25. The highest BCUT2D eigenvalue weighted by Gasteiger charge is 1.97. The van der Waals surface area contributed by atoms with E-state index in [9.17, 15) is 0 Å². The summed E-state index contributed by atoms with van der Waals surface area (Å²) in [6.45, 7) is 3.79. The molecular weight excluding hydrogens is 120 g/mol. The molecule has 0 fully saturated rings. The van der Waals surface area contributed by atoms with Crippen molar-refractivity contribution >= 4 is 0 Å². The lowest BCUT2D eigenvalue weighted by Gasteiger charge is -2.06. The molecule has 0 radical (unpaired) electrons. The molecule has 0 saturated carbocycles. The van der Waals surface area contributed by atoms with Crippen LogP contribution in [0.2, 0.25) is 0 Å². The average Bonchev–Trinajstić information content (AvgIpc) is 1.87. The van der Waals surface area contributed by atoms with Crippen LogP contribution in [0.5, 0.6) is 0 Å². The summed E-state index contributed by atoms with van der Waals surface area (Å²) in [7, 11) is 0. The van der Waals surface area contributed by atoms with Crippen molar-refractivity contribution in [2.24, 2.45) is 0 Å². The second-order valence-corrected chi connectivity index (χ2v) is 2.94. The van der Waals surface area contributed by atoms with Gasteiger partial charge in [-0.25, -0.2) is 0 Å². The normalized spacial score (nSPS) is 25.8. The summed E-state index contributed by atoms with van der Waals surface area (Å²) in [4.78, 5) is 0. The summed E-state index contributed by atoms with van der Waals surface area (Å²) in [5.74, 6) is 0. The molecule has 1 aliphatic rings. The lowest BCUT2D eigenvalue weighted by atomic mass is 10.0. The first kappa shape index (κ1) is 7.59. The van der Waals surface area contributed by atoms with Crippen LogP contribution in [-0.2, 0) is 0 Å². The van der Waals surface area contributed by atoms with Crippen molar-refractivity contribution in [3.8, 4) is 0 Å². The zero-order chi connectivity index (χ0) is 7.23. The van der Waals surface area contributed by atoms with Gasteiger partial charge in [-0.05, 0) is 25.7 Å². The zero-order valence-electron chi connectivity index (χ0n) is 6.60. The Kier molecular flexibility index (Phi) is 3.28. The van der Waals surface area contributed by atoms with Gasteiger partial charge in [0, 0.05) is 0 Å². The van der Waals surface area contributed by atoms with E-state index in [0.29, 0.717) is 0 Å². The summed E-state index contributed by atoms with van der Waals surface area (Å²) in [5.41, 5.74) is 1.46. The Morgan fingerprint density at radius 1 is 1.20 bits per heavy atom. The monoisotopic (exact) mass is 136 g/mol. The van der Waals surface area contributed by atoms with Crippen molar-refractivity contribution in [1.82, 2.24) is 0 Å². The van der Waals surface area contributed by atoms with Crippen molar-refractivity contribution in [1.29, 1.82) is 0 Å². The quantitative estimate of drug-likeness (QED) is 0.518. The first-order valence-corrected chi connectivity index (χ1v) is 4.25. The molecule has 0 saturated heterocycles. The van der Waals surface area contributed by atoms with Crippen LogP contribution in [0.1, 0.15) is 38.5 Å². The Bertz CT molecular complexity index is 131. The highest BCUT2D eigenvalue weighted by Crippen LogP contribution is 2.16. The number of rotatable bonds is 1. The topological polar surface area (TPSA) is 0 Å². The molecule has 10 heavy (non-hydrogen) atoms. The molecule has 0 aromatic heterocycles. The minimum Gasteiger partial charge on any atom is -0.0988 e. The summed E-state index contributed by atoms with van der Waals surface area (Å²) in [5, 5.41) is 0. The van der Waals surface area contributed by atoms with Gasteiger partial charge in [-0.2, -0.15) is 0 Å². The maximum atomic E-state index is 3.79. The van der Waals surface area contributed by atoms with Gasteiger partial charge in [-0.3, -0.25) is 0 Å². The molecule has 0 aromatic rings. The summed E-state index contributed by atoms with van der Waals surface area (Å²) >= 11 is 0. The van der Waals surface area contributed by atoms with Crippen LogP contribution in [0.25, 0.3) is 0 Å². The number of allylic oxidation sites excluding steroid dienone is 3. The Morgan fingerprint density at radius 3 is 2.80 bits per heavy atom. The molecular formula is C10H16. The average molecular weight is 136 g/mol. The number of hydrogen-bond acceptors (Lipinski definition) is 0. The molecule has 0 heteroatoms. The van der Waals surface area contributed by atoms with E-state index in [4.69, 9.17) is 0 Å². The predicted octanol–water partition coefficient (Wildman–Crippen LogP) is 3.45. The molecule has 0 aromatic carbocycles. The fraction of sp³-hybridized carbons (Fsp3) is 0.600. The predicted molar refractivity (Wildman–Crippen MR) is 46.0 cm³/mol. The third kappa shape index (κ3) is 2.38. The molecule has 0 atom stereocenters. The van der Waals surface area contributed by atoms with Crippen LogP contribution in [0.3, 0.4) is 0 Å². The SMILES string of the molecule is C=C/C1=C\CCCCCC1. The highest BCUT2D eigenvalue weighted by atomic mass is 14.0. The molecule has 0 aliphatic heterocycles. The molecule has 56 valence electrons. The first-order valence-electron chi connectivity index (χ1n) is 4.25. The molecule has 0 spiro atoms. The molecule has 1 rings (SSSR count). The second kappa shape index (κ2) is 4.32. The van der Waals surface area contributed by atoms with Gasteiger partial charge in [0.15, 0.2) is 0 Å². The lowest BCUT2D eigenvalue weighted by Crippen LogP contribution is -1.86. The van der Waals surface area contributed by atoms with E-state index in [1.807, 2.05) is 6.08 Å². The van der Waals surface area contributed by atoms with E-state index >= 15 is 0 Å². The van der Waals surface area contributed by atoms with Crippen molar-refractivity contribution in [3.63, 3.8) is 0 Å². The smallest absolute Gasteiger partial charge is 0.0282 e. The molecule has 0 bridgehead atoms. The van der Waals surface area contributed by atoms with E-state index in [1.54, 1.807) is 0 Å². The fourth-order valence-corrected chi connectivity index (χ4v) is 1.40. The van der Waals surface area contributed by atoms with Crippen molar-refractivity contribution in [3.05, 3.63) is 24.3 Å². The van der Waals surface area contributed by atoms with Gasteiger partial charge in [-0.15, -0.1) is 0 Å². The van der Waals surface area contributed by atoms with Gasteiger partial charge < -0.3 is 0 Å². The molecule has 0 nitrogen and oxygen atoms in total. The molecule has 1 aliphatic carbocycles. The van der Waals surface area contributed by atoms with Gasteiger partial charge in [-0.1, -0.05) is 37.1 Å². The molecule has 0 N–H and O–H groups in total. The van der Waals surface area contributed by atoms with Gasteiger partial charge in [0.2, 0.25) is 0 Å². The third-order valence-electron chi connectivity index (χ3n) is 2.09. The highest BCUT2D eigenvalue weighted by molar-refractivity contribution is 5.15. The maximum Gasteiger partial charge on any atom is -0.0282 e. The molecule has 0 unspecified atom stereocenters. The third-order valence-corrected chi connectivity index (χ3v) is 2.09. The van der Waals surface area contributed by atoms with E-state index in [2.05, 4.69) is 12.7 Å². The van der Waals surface area contributed by atoms with E-state index < -0.39 is 0 Å². The largest absolute Gasteiger partial charge is 0.0988 e. The Hall–Kier alpha value is -0.520. The van der Waals surface area contributed by atoms with Crippen LogP contribution in [-0.4, -0.2) is 0 Å². The second-order valence-electron chi connectivity index (χ2n) is 2.94. The van der Waals surface area contributed by atoms with Gasteiger partial charge in [0.25, 0.3) is 0 Å². The molecule has 0 amide bonds. The van der Waals surface area contributed by atoms with E-state index in [-0.39, 0.29) is 0 Å². The Balaban J connectivity index is 2.43. The van der Waals surface area contributed by atoms with Crippen molar-refractivity contribution in [2.45, 2.75) is 38.5 Å². The minimum atomic E-state index is 1.25. The van der Waals surface area contributed by atoms with E-state index in [1.165, 1.54) is 44.1 Å². The van der Waals surface area contributed by atoms with Crippen LogP contribution >= 0.6 is 0 Å². The van der Waals surface area contributed by atoms with Crippen molar-refractivity contribution in [2.75, 3.05) is 0 Å². The Labute approximate surface area is 63.6 Å². The van der Waals surface area contributed by atoms with E-state index in [0.717, 1.165) is 0 Å². The van der Waals surface area contributed by atoms with Crippen LogP contribution in [0.15, 0.2) is 24.3 Å². The van der Waals surface area contributed by atoms with Gasteiger partial charge >= 0.3 is 0 Å². The van der Waals surface area contributed by atoms with Crippen LogP contribution < -0.4 is 0 Å². The zero-order valence-corrected chi connectivity index (χ0v) is 6.60. The van der Waals surface area contributed by atoms with Gasteiger partial charge in [0.05, 0.1) is 0 Å². The maximum absolute atomic E-state index is 3.79. The Morgan fingerprint density at radius 2 is 2.00 bits per heavy atom. The number of hydrogen-bond donors (Lipinski definition) is 0. The van der Waals surface area contributed by atoms with Crippen LogP contribution in [0, 0.1) is 0 Å². The lowest BCUT2D eigenvalue weighted by molar-refractivity contribution is 0.630. The summed E-state index contributed by atoms with van der Waals surface area (Å²) in [6.07, 6.45) is 12.4. The van der Waals surface area contributed by atoms with Crippen LogP contribution in [0.4, 0.5) is 0 Å². The molecule has 0 heterocycles. The standard InChI is InChI=1S/C10H16/c1-2-10-8-6-4-3-5-7-9-10/h2,8H,1,3-7,9H2/b10-8+. The van der Waals surface area contributed by atoms with Gasteiger partial charge in [0.1, 0.15) is 0 Å². The first-order chi connectivity index (χ1) is 4.93. The summed E-state index contributed by atoms with van der Waals surface area (Å²) < 4.78 is 0. The van der Waals surface area contributed by atoms with Crippen molar-refractivity contribution < 1.29 is 0 Å².